The summed E-state index contributed by atoms with van der Waals surface area (Å²) in [6.45, 7) is 6.34. The first kappa shape index (κ1) is 38.9. The molecule has 238 valence electrons. The molecule has 0 rings (SSSR count). The van der Waals surface area contributed by atoms with Gasteiger partial charge in [-0.2, -0.15) is 0 Å². The van der Waals surface area contributed by atoms with E-state index in [1.165, 1.54) is 19.3 Å². The Morgan fingerprint density at radius 3 is 1.44 bits per heavy atom. The van der Waals surface area contributed by atoms with Gasteiger partial charge in [-0.15, -0.1) is 0 Å². The van der Waals surface area contributed by atoms with E-state index in [2.05, 4.69) is 45.1 Å². The molecule has 0 aliphatic carbocycles. The first-order valence-corrected chi connectivity index (χ1v) is 16.8. The highest BCUT2D eigenvalue weighted by atomic mass is 16.6. The quantitative estimate of drug-likeness (QED) is 0.0380. The van der Waals surface area contributed by atoms with Crippen molar-refractivity contribution in [2.75, 3.05) is 13.2 Å². The van der Waals surface area contributed by atoms with Crippen LogP contribution >= 0.6 is 0 Å². The number of rotatable bonds is 29. The van der Waals surface area contributed by atoms with Gasteiger partial charge in [-0.05, 0) is 44.9 Å². The van der Waals surface area contributed by atoms with Crippen LogP contribution in [0.3, 0.4) is 0 Å². The van der Waals surface area contributed by atoms with Gasteiger partial charge in [0.2, 0.25) is 0 Å². The molecule has 0 aliphatic heterocycles. The van der Waals surface area contributed by atoms with Gasteiger partial charge in [-0.1, -0.05) is 122 Å². The lowest BCUT2D eigenvalue weighted by Gasteiger charge is -2.18. The van der Waals surface area contributed by atoms with Gasteiger partial charge in [0.25, 0.3) is 0 Å². The molecule has 0 N–H and O–H groups in total. The molecule has 0 saturated heterocycles. The maximum atomic E-state index is 12.3. The Kier molecular flexibility index (Phi) is 29.3. The van der Waals surface area contributed by atoms with Crippen LogP contribution in [-0.2, 0) is 28.6 Å². The van der Waals surface area contributed by atoms with Crippen LogP contribution in [0.1, 0.15) is 162 Å². The molecule has 0 fully saturated rings. The minimum absolute atomic E-state index is 0.0773. The van der Waals surface area contributed by atoms with E-state index < -0.39 is 6.10 Å². The predicted octanol–water partition coefficient (Wildman–Crippen LogP) is 9.74. The van der Waals surface area contributed by atoms with Crippen molar-refractivity contribution in [2.24, 2.45) is 0 Å². The van der Waals surface area contributed by atoms with E-state index in [1.54, 1.807) is 0 Å². The van der Waals surface area contributed by atoms with Crippen LogP contribution in [0, 0.1) is 0 Å². The first-order chi connectivity index (χ1) is 20.0. The van der Waals surface area contributed by atoms with Gasteiger partial charge in [-0.3, -0.25) is 14.4 Å². The van der Waals surface area contributed by atoms with Crippen LogP contribution in [-0.4, -0.2) is 37.2 Å². The van der Waals surface area contributed by atoms with Gasteiger partial charge in [0.15, 0.2) is 6.10 Å². The van der Waals surface area contributed by atoms with E-state index >= 15 is 0 Å². The Morgan fingerprint density at radius 1 is 0.488 bits per heavy atom. The van der Waals surface area contributed by atoms with Gasteiger partial charge in [0.1, 0.15) is 13.2 Å². The molecular formula is C35H62O6. The van der Waals surface area contributed by atoms with Gasteiger partial charge in [0.05, 0.1) is 0 Å². The Balaban J connectivity index is 4.25. The fourth-order valence-electron chi connectivity index (χ4n) is 4.36. The predicted molar refractivity (Wildman–Crippen MR) is 169 cm³/mol. The average Bonchev–Trinajstić information content (AvgIpc) is 2.96. The van der Waals surface area contributed by atoms with E-state index in [4.69, 9.17) is 14.2 Å². The molecule has 0 amide bonds. The number of hydrogen-bond donors (Lipinski definition) is 0. The second-order valence-electron chi connectivity index (χ2n) is 11.1. The fourth-order valence-corrected chi connectivity index (χ4v) is 4.36. The minimum atomic E-state index is -0.763. The second-order valence-corrected chi connectivity index (χ2v) is 11.1. The van der Waals surface area contributed by atoms with Gasteiger partial charge >= 0.3 is 17.9 Å². The smallest absolute Gasteiger partial charge is 0.306 e. The Bertz CT molecular complexity index is 684. The largest absolute Gasteiger partial charge is 0.462 e. The summed E-state index contributed by atoms with van der Waals surface area (Å²) in [6.07, 6.45) is 29.3. The van der Waals surface area contributed by atoms with Crippen LogP contribution < -0.4 is 0 Å². The number of hydrogen-bond acceptors (Lipinski definition) is 6. The van der Waals surface area contributed by atoms with Crippen molar-refractivity contribution >= 4 is 17.9 Å². The Labute approximate surface area is 252 Å². The van der Waals surface area contributed by atoms with E-state index in [9.17, 15) is 14.4 Å². The average molecular weight is 579 g/mol. The maximum Gasteiger partial charge on any atom is 0.306 e. The second kappa shape index (κ2) is 30.8. The number of allylic oxidation sites excluding steroid dienone is 4. The van der Waals surface area contributed by atoms with E-state index in [0.717, 1.165) is 103 Å². The number of ether oxygens (including phenoxy) is 3. The third-order valence-electron chi connectivity index (χ3n) is 6.94. The van der Waals surface area contributed by atoms with Crippen molar-refractivity contribution in [3.63, 3.8) is 0 Å². The molecule has 1 atom stereocenters. The Morgan fingerprint density at radius 2 is 0.927 bits per heavy atom. The van der Waals surface area contributed by atoms with Crippen molar-refractivity contribution in [1.29, 1.82) is 0 Å². The van der Waals surface area contributed by atoms with E-state index in [0.29, 0.717) is 19.3 Å². The summed E-state index contributed by atoms with van der Waals surface area (Å²) in [4.78, 5) is 36.8. The lowest BCUT2D eigenvalue weighted by molar-refractivity contribution is -0.167. The molecular weight excluding hydrogens is 516 g/mol. The molecule has 0 aromatic heterocycles. The van der Waals surface area contributed by atoms with Crippen molar-refractivity contribution in [3.05, 3.63) is 24.3 Å². The molecule has 0 spiro atoms. The maximum absolute atomic E-state index is 12.3. The lowest BCUT2D eigenvalue weighted by atomic mass is 10.1. The monoisotopic (exact) mass is 578 g/mol. The van der Waals surface area contributed by atoms with Crippen LogP contribution in [0.4, 0.5) is 0 Å². The number of carbonyl (C=O) groups excluding carboxylic acids is 3. The summed E-state index contributed by atoms with van der Waals surface area (Å²) < 4.78 is 16.3. The highest BCUT2D eigenvalue weighted by Gasteiger charge is 2.19. The zero-order valence-electron chi connectivity index (χ0n) is 26.8. The third-order valence-corrected chi connectivity index (χ3v) is 6.94. The zero-order valence-corrected chi connectivity index (χ0v) is 26.8. The molecule has 41 heavy (non-hydrogen) atoms. The standard InChI is InChI=1S/C35H62O6/c1-4-7-10-13-14-15-16-17-18-19-20-23-25-28-34(37)40-31-32(41-35(38)29-26-22-12-9-6-3)30-39-33(36)27-24-21-11-8-5-2/h10,13,15-16,32H,4-9,11-12,14,17-31H2,1-3H3/b13-10-,16-15-. The first-order valence-electron chi connectivity index (χ1n) is 16.8. The number of carbonyl (C=O) groups is 3. The van der Waals surface area contributed by atoms with Crippen molar-refractivity contribution in [3.8, 4) is 0 Å². The molecule has 0 aromatic rings. The van der Waals surface area contributed by atoms with Crippen LogP contribution in [0.5, 0.6) is 0 Å². The van der Waals surface area contributed by atoms with Gasteiger partial charge in [0, 0.05) is 19.3 Å². The molecule has 0 saturated carbocycles. The number of esters is 3. The SMILES string of the molecule is CCC/C=C\C/C=C\CCCCCCCC(=O)OCC(COC(=O)CCCCCCC)OC(=O)CCCCCCC. The highest BCUT2D eigenvalue weighted by Crippen LogP contribution is 2.11. The summed E-state index contributed by atoms with van der Waals surface area (Å²) in [6, 6.07) is 0. The highest BCUT2D eigenvalue weighted by molar-refractivity contribution is 5.71. The normalized spacial score (nSPS) is 12.2. The molecule has 0 radical (unpaired) electrons. The summed E-state index contributed by atoms with van der Waals surface area (Å²) in [7, 11) is 0. The van der Waals surface area contributed by atoms with Gasteiger partial charge in [-0.25, -0.2) is 0 Å². The molecule has 0 bridgehead atoms. The molecule has 0 aromatic carbocycles. The fraction of sp³-hybridized carbons (Fsp3) is 0.800. The molecule has 6 heteroatoms. The summed E-state index contributed by atoms with van der Waals surface area (Å²) in [5, 5.41) is 0. The Hall–Kier alpha value is -2.11. The topological polar surface area (TPSA) is 78.9 Å². The summed E-state index contributed by atoms with van der Waals surface area (Å²) in [5.74, 6) is -0.930. The molecule has 1 unspecified atom stereocenters. The van der Waals surface area contributed by atoms with Crippen molar-refractivity contribution in [2.45, 2.75) is 168 Å². The zero-order chi connectivity index (χ0) is 30.2. The summed E-state index contributed by atoms with van der Waals surface area (Å²) in [5.41, 5.74) is 0. The number of unbranched alkanes of at least 4 members (excludes halogenated alkanes) is 14. The third kappa shape index (κ3) is 29.2. The van der Waals surface area contributed by atoms with Crippen LogP contribution in [0.15, 0.2) is 24.3 Å². The van der Waals surface area contributed by atoms with Crippen molar-refractivity contribution < 1.29 is 28.6 Å². The molecule has 0 aliphatic rings. The molecule has 0 heterocycles. The van der Waals surface area contributed by atoms with E-state index in [1.807, 2.05) is 0 Å². The van der Waals surface area contributed by atoms with Gasteiger partial charge < -0.3 is 14.2 Å². The van der Waals surface area contributed by atoms with Crippen molar-refractivity contribution in [1.82, 2.24) is 0 Å². The lowest BCUT2D eigenvalue weighted by Crippen LogP contribution is -2.30. The van der Waals surface area contributed by atoms with Crippen LogP contribution in [0.2, 0.25) is 0 Å². The molecule has 6 nitrogen and oxygen atoms in total. The minimum Gasteiger partial charge on any atom is -0.462 e. The summed E-state index contributed by atoms with van der Waals surface area (Å²) >= 11 is 0. The van der Waals surface area contributed by atoms with Crippen LogP contribution in [0.25, 0.3) is 0 Å². The van der Waals surface area contributed by atoms with E-state index in [-0.39, 0.29) is 31.1 Å².